The third kappa shape index (κ3) is 3.41. The van der Waals surface area contributed by atoms with Crippen LogP contribution in [0, 0.1) is 11.3 Å². The van der Waals surface area contributed by atoms with Crippen molar-refractivity contribution in [1.29, 1.82) is 5.26 Å². The summed E-state index contributed by atoms with van der Waals surface area (Å²) in [5.74, 6) is 2.01. The number of anilines is 3. The molecule has 0 saturated carbocycles. The van der Waals surface area contributed by atoms with Crippen LogP contribution in [-0.4, -0.2) is 9.97 Å². The lowest BCUT2D eigenvalue weighted by Crippen LogP contribution is -2.03. The molecule has 2 aromatic heterocycles. The molecule has 0 aliphatic rings. The maximum absolute atomic E-state index is 8.78. The van der Waals surface area contributed by atoms with Crippen LogP contribution >= 0.6 is 0 Å². The van der Waals surface area contributed by atoms with Crippen molar-refractivity contribution in [2.24, 2.45) is 0 Å². The minimum atomic E-state index is 0.481. The molecule has 0 saturated heterocycles. The van der Waals surface area contributed by atoms with Crippen molar-refractivity contribution >= 4 is 17.5 Å². The highest BCUT2D eigenvalue weighted by atomic mass is 16.3. The minimum Gasteiger partial charge on any atom is -0.467 e. The van der Waals surface area contributed by atoms with E-state index in [1.54, 1.807) is 30.7 Å². The fraction of sp³-hybridized carbons (Fsp3) is 0.0625. The van der Waals surface area contributed by atoms with Crippen molar-refractivity contribution < 1.29 is 4.42 Å². The third-order valence-electron chi connectivity index (χ3n) is 2.95. The first-order chi connectivity index (χ1) is 10.8. The van der Waals surface area contributed by atoms with E-state index in [0.717, 1.165) is 11.4 Å². The van der Waals surface area contributed by atoms with Crippen LogP contribution in [0.25, 0.3) is 0 Å². The average Bonchev–Trinajstić information content (AvgIpc) is 3.08. The highest BCUT2D eigenvalue weighted by molar-refractivity contribution is 5.56. The van der Waals surface area contributed by atoms with E-state index in [4.69, 9.17) is 9.68 Å². The Kier molecular flexibility index (Phi) is 3.98. The largest absolute Gasteiger partial charge is 0.467 e. The van der Waals surface area contributed by atoms with Gasteiger partial charge in [0.2, 0.25) is 5.95 Å². The lowest BCUT2D eigenvalue weighted by atomic mass is 10.2. The predicted molar refractivity (Wildman–Crippen MR) is 82.5 cm³/mol. The molecule has 3 rings (SSSR count). The topological polar surface area (TPSA) is 86.8 Å². The number of nitrogens with zero attached hydrogens (tertiary/aromatic N) is 3. The number of nitrogens with one attached hydrogen (secondary N) is 2. The summed E-state index contributed by atoms with van der Waals surface area (Å²) in [5, 5.41) is 15.0. The summed E-state index contributed by atoms with van der Waals surface area (Å²) in [6.45, 7) is 0.556. The zero-order valence-corrected chi connectivity index (χ0v) is 11.7. The summed E-state index contributed by atoms with van der Waals surface area (Å²) in [7, 11) is 0. The van der Waals surface area contributed by atoms with Crippen molar-refractivity contribution in [3.05, 3.63) is 66.2 Å². The van der Waals surface area contributed by atoms with Gasteiger partial charge in [0, 0.05) is 11.9 Å². The number of aromatic nitrogens is 2. The number of rotatable bonds is 5. The predicted octanol–water partition coefficient (Wildman–Crippen LogP) is 3.30. The standard InChI is InChI=1S/C16H13N5O/c17-10-12-3-5-13(6-4-12)20-16-18-8-7-15(21-16)19-11-14-2-1-9-22-14/h1-9H,11H2,(H2,18,19,20,21). The highest BCUT2D eigenvalue weighted by Gasteiger charge is 2.01. The molecule has 0 amide bonds. The highest BCUT2D eigenvalue weighted by Crippen LogP contribution is 2.15. The van der Waals surface area contributed by atoms with Gasteiger partial charge in [-0.1, -0.05) is 0 Å². The molecule has 0 bridgehead atoms. The Morgan fingerprint density at radius 3 is 2.73 bits per heavy atom. The van der Waals surface area contributed by atoms with E-state index >= 15 is 0 Å². The van der Waals surface area contributed by atoms with Crippen molar-refractivity contribution in [3.63, 3.8) is 0 Å². The molecule has 0 fully saturated rings. The van der Waals surface area contributed by atoms with Gasteiger partial charge in [-0.2, -0.15) is 10.2 Å². The maximum atomic E-state index is 8.78. The normalized spacial score (nSPS) is 9.95. The first kappa shape index (κ1) is 13.6. The molecule has 2 heterocycles. The molecule has 6 heteroatoms. The van der Waals surface area contributed by atoms with E-state index in [-0.39, 0.29) is 0 Å². The van der Waals surface area contributed by atoms with Gasteiger partial charge in [-0.05, 0) is 42.5 Å². The van der Waals surface area contributed by atoms with Gasteiger partial charge in [0.25, 0.3) is 0 Å². The summed E-state index contributed by atoms with van der Waals surface area (Å²) in [6.07, 6.45) is 3.30. The van der Waals surface area contributed by atoms with Crippen molar-refractivity contribution in [1.82, 2.24) is 9.97 Å². The zero-order chi connectivity index (χ0) is 15.2. The Hall–Kier alpha value is -3.33. The minimum absolute atomic E-state index is 0.481. The van der Waals surface area contributed by atoms with E-state index in [2.05, 4.69) is 26.7 Å². The van der Waals surface area contributed by atoms with Gasteiger partial charge in [0.15, 0.2) is 0 Å². The van der Waals surface area contributed by atoms with Crippen LogP contribution in [0.5, 0.6) is 0 Å². The monoisotopic (exact) mass is 291 g/mol. The van der Waals surface area contributed by atoms with Gasteiger partial charge < -0.3 is 15.1 Å². The van der Waals surface area contributed by atoms with Crippen LogP contribution in [0.1, 0.15) is 11.3 Å². The van der Waals surface area contributed by atoms with Crippen LogP contribution in [0.4, 0.5) is 17.5 Å². The Morgan fingerprint density at radius 1 is 1.14 bits per heavy atom. The van der Waals surface area contributed by atoms with Crippen molar-refractivity contribution in [3.8, 4) is 6.07 Å². The molecule has 2 N–H and O–H groups in total. The molecular weight excluding hydrogens is 278 g/mol. The van der Waals surface area contributed by atoms with Crippen molar-refractivity contribution in [2.45, 2.75) is 6.54 Å². The van der Waals surface area contributed by atoms with Gasteiger partial charge in [-0.3, -0.25) is 0 Å². The van der Waals surface area contributed by atoms with Crippen LogP contribution in [-0.2, 0) is 6.54 Å². The maximum Gasteiger partial charge on any atom is 0.229 e. The Balaban J connectivity index is 1.66. The van der Waals surface area contributed by atoms with E-state index in [0.29, 0.717) is 23.9 Å². The molecule has 0 atom stereocenters. The molecule has 6 nitrogen and oxygen atoms in total. The van der Waals surface area contributed by atoms with Gasteiger partial charge in [0.05, 0.1) is 24.4 Å². The Labute approximate surface area is 127 Å². The summed E-state index contributed by atoms with van der Waals surface area (Å²) < 4.78 is 5.26. The fourth-order valence-electron chi connectivity index (χ4n) is 1.87. The van der Waals surface area contributed by atoms with E-state index in [1.165, 1.54) is 0 Å². The third-order valence-corrected chi connectivity index (χ3v) is 2.95. The summed E-state index contributed by atoms with van der Waals surface area (Å²) in [4.78, 5) is 8.54. The molecule has 108 valence electrons. The second-order valence-corrected chi connectivity index (χ2v) is 4.51. The van der Waals surface area contributed by atoms with Crippen LogP contribution in [0.15, 0.2) is 59.3 Å². The molecule has 3 aromatic rings. The quantitative estimate of drug-likeness (QED) is 0.750. The smallest absolute Gasteiger partial charge is 0.229 e. The fourth-order valence-corrected chi connectivity index (χ4v) is 1.87. The molecule has 0 unspecified atom stereocenters. The molecule has 0 radical (unpaired) electrons. The zero-order valence-electron chi connectivity index (χ0n) is 11.7. The second-order valence-electron chi connectivity index (χ2n) is 4.51. The van der Waals surface area contributed by atoms with E-state index in [1.807, 2.05) is 24.3 Å². The first-order valence-corrected chi connectivity index (χ1v) is 6.70. The first-order valence-electron chi connectivity index (χ1n) is 6.70. The Bertz CT molecular complexity index is 775. The van der Waals surface area contributed by atoms with Crippen LogP contribution in [0.3, 0.4) is 0 Å². The summed E-state index contributed by atoms with van der Waals surface area (Å²) >= 11 is 0. The second kappa shape index (κ2) is 6.41. The number of nitriles is 1. The number of hydrogen-bond donors (Lipinski definition) is 2. The molecule has 1 aromatic carbocycles. The van der Waals surface area contributed by atoms with Crippen LogP contribution < -0.4 is 10.6 Å². The SMILES string of the molecule is N#Cc1ccc(Nc2nccc(NCc3ccco3)n2)cc1. The lowest BCUT2D eigenvalue weighted by molar-refractivity contribution is 0.518. The van der Waals surface area contributed by atoms with E-state index < -0.39 is 0 Å². The number of hydrogen-bond acceptors (Lipinski definition) is 6. The lowest BCUT2D eigenvalue weighted by Gasteiger charge is -2.07. The molecule has 0 aliphatic carbocycles. The molecule has 0 aliphatic heterocycles. The average molecular weight is 291 g/mol. The van der Waals surface area contributed by atoms with Crippen molar-refractivity contribution in [2.75, 3.05) is 10.6 Å². The molecule has 22 heavy (non-hydrogen) atoms. The summed E-state index contributed by atoms with van der Waals surface area (Å²) in [5.41, 5.74) is 1.43. The number of benzene rings is 1. The van der Waals surface area contributed by atoms with Crippen LogP contribution in [0.2, 0.25) is 0 Å². The van der Waals surface area contributed by atoms with Gasteiger partial charge >= 0.3 is 0 Å². The van der Waals surface area contributed by atoms with Gasteiger partial charge in [-0.25, -0.2) is 4.98 Å². The van der Waals surface area contributed by atoms with Gasteiger partial charge in [-0.15, -0.1) is 0 Å². The number of furan rings is 1. The molecule has 0 spiro atoms. The summed E-state index contributed by atoms with van der Waals surface area (Å²) in [6, 6.07) is 14.7. The molecular formula is C16H13N5O. The Morgan fingerprint density at radius 2 is 2.00 bits per heavy atom. The van der Waals surface area contributed by atoms with E-state index in [9.17, 15) is 0 Å². The van der Waals surface area contributed by atoms with Gasteiger partial charge in [0.1, 0.15) is 11.6 Å².